The molecule has 0 aromatic heterocycles. The Bertz CT molecular complexity index is 306. The van der Waals surface area contributed by atoms with E-state index in [1.54, 1.807) is 7.11 Å². The molecule has 0 aliphatic carbocycles. The van der Waals surface area contributed by atoms with Gasteiger partial charge in [-0.1, -0.05) is 24.3 Å². The lowest BCUT2D eigenvalue weighted by atomic mass is 10.1. The summed E-state index contributed by atoms with van der Waals surface area (Å²) in [7, 11) is 1.71. The third kappa shape index (κ3) is 5.24. The second-order valence-corrected chi connectivity index (χ2v) is 3.72. The molecule has 3 heteroatoms. The van der Waals surface area contributed by atoms with Crippen LogP contribution in [0.3, 0.4) is 0 Å². The topological polar surface area (TPSA) is 18.5 Å². The fourth-order valence-corrected chi connectivity index (χ4v) is 1.41. The molecule has 0 spiro atoms. The summed E-state index contributed by atoms with van der Waals surface area (Å²) < 4.78 is 10.5. The molecule has 16 heavy (non-hydrogen) atoms. The Labute approximate surface area is 103 Å². The second kappa shape index (κ2) is 8.25. The zero-order valence-corrected chi connectivity index (χ0v) is 10.5. The molecule has 2 nitrogen and oxygen atoms in total. The molecular weight excluding hydrogens is 220 g/mol. The van der Waals surface area contributed by atoms with Gasteiger partial charge in [0.15, 0.2) is 0 Å². The van der Waals surface area contributed by atoms with Crippen molar-refractivity contribution in [2.45, 2.75) is 6.42 Å². The maximum absolute atomic E-state index is 5.52. The summed E-state index contributed by atoms with van der Waals surface area (Å²) in [5.41, 5.74) is 1.26. The summed E-state index contributed by atoms with van der Waals surface area (Å²) in [5, 5.41) is 0. The minimum Gasteiger partial charge on any atom is -0.490 e. The van der Waals surface area contributed by atoms with Crippen molar-refractivity contribution in [2.75, 3.05) is 26.1 Å². The van der Waals surface area contributed by atoms with Crippen LogP contribution in [0.5, 0.6) is 5.75 Å². The molecule has 0 heterocycles. The first-order chi connectivity index (χ1) is 7.86. The average molecular weight is 238 g/mol. The summed E-state index contributed by atoms with van der Waals surface area (Å²) in [6.07, 6.45) is 4.87. The molecule has 0 amide bonds. The van der Waals surface area contributed by atoms with Crippen molar-refractivity contribution in [3.05, 3.63) is 42.0 Å². The lowest BCUT2D eigenvalue weighted by molar-refractivity contribution is 0.202. The summed E-state index contributed by atoms with van der Waals surface area (Å²) >= 11 is 4.07. The van der Waals surface area contributed by atoms with Crippen molar-refractivity contribution >= 4 is 12.6 Å². The van der Waals surface area contributed by atoms with Gasteiger partial charge in [0.1, 0.15) is 12.4 Å². The Morgan fingerprint density at radius 2 is 1.94 bits per heavy atom. The van der Waals surface area contributed by atoms with E-state index in [9.17, 15) is 0 Å². The monoisotopic (exact) mass is 238 g/mol. The minimum absolute atomic E-state index is 0.595. The molecule has 0 saturated carbocycles. The molecule has 1 aromatic carbocycles. The normalized spacial score (nSPS) is 10.9. The Hall–Kier alpha value is -0.930. The largest absolute Gasteiger partial charge is 0.490 e. The lowest BCUT2D eigenvalue weighted by Crippen LogP contribution is -1.96. The van der Waals surface area contributed by atoms with Crippen molar-refractivity contribution in [1.82, 2.24) is 0 Å². The number of thiol groups is 1. The predicted octanol–water partition coefficient (Wildman–Crippen LogP) is 2.74. The van der Waals surface area contributed by atoms with Gasteiger partial charge in [-0.05, 0) is 24.1 Å². The molecule has 0 atom stereocenters. The maximum Gasteiger partial charge on any atom is 0.119 e. The van der Waals surface area contributed by atoms with Crippen LogP contribution in [-0.4, -0.2) is 26.1 Å². The van der Waals surface area contributed by atoms with E-state index in [0.29, 0.717) is 6.61 Å². The smallest absolute Gasteiger partial charge is 0.119 e. The fraction of sp³-hybridized carbons (Fsp3) is 0.385. The van der Waals surface area contributed by atoms with E-state index >= 15 is 0 Å². The Morgan fingerprint density at radius 3 is 2.56 bits per heavy atom. The lowest BCUT2D eigenvalue weighted by Gasteiger charge is -2.04. The van der Waals surface area contributed by atoms with Gasteiger partial charge in [0.25, 0.3) is 0 Å². The van der Waals surface area contributed by atoms with E-state index in [-0.39, 0.29) is 0 Å². The predicted molar refractivity (Wildman–Crippen MR) is 70.5 cm³/mol. The molecular formula is C13H18O2S. The Kier molecular flexibility index (Phi) is 6.77. The van der Waals surface area contributed by atoms with Crippen LogP contribution in [0.15, 0.2) is 36.4 Å². The highest BCUT2D eigenvalue weighted by molar-refractivity contribution is 7.80. The van der Waals surface area contributed by atoms with E-state index in [0.717, 1.165) is 24.5 Å². The van der Waals surface area contributed by atoms with Crippen molar-refractivity contribution in [3.8, 4) is 5.75 Å². The fourth-order valence-electron chi connectivity index (χ4n) is 1.26. The van der Waals surface area contributed by atoms with Crippen LogP contribution in [0.1, 0.15) is 5.56 Å². The van der Waals surface area contributed by atoms with Crippen LogP contribution in [0.4, 0.5) is 0 Å². The molecule has 0 aliphatic rings. The quantitative estimate of drug-likeness (QED) is 0.581. The molecule has 0 saturated heterocycles. The van der Waals surface area contributed by atoms with Crippen molar-refractivity contribution in [3.63, 3.8) is 0 Å². The Morgan fingerprint density at radius 1 is 1.19 bits per heavy atom. The van der Waals surface area contributed by atoms with Crippen LogP contribution in [-0.2, 0) is 11.2 Å². The van der Waals surface area contributed by atoms with Gasteiger partial charge in [-0.25, -0.2) is 0 Å². The number of hydrogen-bond donors (Lipinski definition) is 1. The molecule has 0 unspecified atom stereocenters. The van der Waals surface area contributed by atoms with Crippen LogP contribution in [0.25, 0.3) is 0 Å². The van der Waals surface area contributed by atoms with E-state index in [1.807, 2.05) is 24.3 Å². The van der Waals surface area contributed by atoms with E-state index in [4.69, 9.17) is 9.47 Å². The van der Waals surface area contributed by atoms with E-state index < -0.39 is 0 Å². The average Bonchev–Trinajstić information content (AvgIpc) is 2.33. The minimum atomic E-state index is 0.595. The van der Waals surface area contributed by atoms with Gasteiger partial charge in [-0.2, -0.15) is 12.6 Å². The van der Waals surface area contributed by atoms with Crippen LogP contribution < -0.4 is 4.74 Å². The number of methoxy groups -OCH3 is 1. The first kappa shape index (κ1) is 13.1. The SMILES string of the molecule is COCCc1ccc(OCC=CCS)cc1. The van der Waals surface area contributed by atoms with Gasteiger partial charge in [0.05, 0.1) is 6.61 Å². The summed E-state index contributed by atoms with van der Waals surface area (Å²) in [6, 6.07) is 8.10. The zero-order valence-electron chi connectivity index (χ0n) is 9.56. The number of benzene rings is 1. The van der Waals surface area contributed by atoms with E-state index in [1.165, 1.54) is 5.56 Å². The van der Waals surface area contributed by atoms with Crippen LogP contribution in [0.2, 0.25) is 0 Å². The molecule has 0 fully saturated rings. The molecule has 88 valence electrons. The zero-order chi connectivity index (χ0) is 11.6. The van der Waals surface area contributed by atoms with Crippen LogP contribution in [0, 0.1) is 0 Å². The molecule has 0 radical (unpaired) electrons. The third-order valence-corrected chi connectivity index (χ3v) is 2.35. The van der Waals surface area contributed by atoms with Gasteiger partial charge >= 0.3 is 0 Å². The molecule has 1 rings (SSSR count). The summed E-state index contributed by atoms with van der Waals surface area (Å²) in [4.78, 5) is 0. The van der Waals surface area contributed by atoms with Crippen LogP contribution >= 0.6 is 12.6 Å². The highest BCUT2D eigenvalue weighted by Gasteiger charge is 1.94. The summed E-state index contributed by atoms with van der Waals surface area (Å²) in [5.74, 6) is 1.64. The number of rotatable bonds is 7. The van der Waals surface area contributed by atoms with Gasteiger partial charge in [-0.15, -0.1) is 0 Å². The first-order valence-electron chi connectivity index (χ1n) is 5.33. The van der Waals surface area contributed by atoms with Crippen molar-refractivity contribution in [2.24, 2.45) is 0 Å². The van der Waals surface area contributed by atoms with Crippen molar-refractivity contribution in [1.29, 1.82) is 0 Å². The standard InChI is InChI=1S/C13H18O2S/c1-14-10-8-12-4-6-13(7-5-12)15-9-2-3-11-16/h2-7,16H,8-11H2,1H3. The first-order valence-corrected chi connectivity index (χ1v) is 5.96. The highest BCUT2D eigenvalue weighted by atomic mass is 32.1. The third-order valence-electron chi connectivity index (χ3n) is 2.14. The molecule has 0 bridgehead atoms. The number of ether oxygens (including phenoxy) is 2. The van der Waals surface area contributed by atoms with E-state index in [2.05, 4.69) is 24.8 Å². The van der Waals surface area contributed by atoms with Gasteiger partial charge in [0.2, 0.25) is 0 Å². The molecule has 0 aliphatic heterocycles. The van der Waals surface area contributed by atoms with Crippen molar-refractivity contribution < 1.29 is 9.47 Å². The van der Waals surface area contributed by atoms with Gasteiger partial charge in [0, 0.05) is 12.9 Å². The van der Waals surface area contributed by atoms with Gasteiger partial charge < -0.3 is 9.47 Å². The number of hydrogen-bond acceptors (Lipinski definition) is 3. The highest BCUT2D eigenvalue weighted by Crippen LogP contribution is 2.12. The van der Waals surface area contributed by atoms with Gasteiger partial charge in [-0.3, -0.25) is 0 Å². The maximum atomic E-state index is 5.52. The molecule has 0 N–H and O–H groups in total. The molecule has 1 aromatic rings. The Balaban J connectivity index is 2.36. The summed E-state index contributed by atoms with van der Waals surface area (Å²) in [6.45, 7) is 1.35. The second-order valence-electron chi connectivity index (χ2n) is 3.35.